The summed E-state index contributed by atoms with van der Waals surface area (Å²) in [6.07, 6.45) is 0. The van der Waals surface area contributed by atoms with Crippen LogP contribution < -0.4 is 5.73 Å². The number of nitro benzene ring substituents is 1. The molecule has 13 heavy (non-hydrogen) atoms. The average Bonchev–Trinajstić information content (AvgIpc) is 2.02. The summed E-state index contributed by atoms with van der Waals surface area (Å²) in [4.78, 5) is 20.7. The van der Waals surface area contributed by atoms with Crippen molar-refractivity contribution in [3.8, 4) is 0 Å². The maximum absolute atomic E-state index is 10.9. The molecule has 0 saturated carbocycles. The summed E-state index contributed by atoms with van der Waals surface area (Å²) >= 11 is 1.83. The van der Waals surface area contributed by atoms with E-state index in [1.54, 1.807) is 6.07 Å². The Bertz CT molecular complexity index is 378. The predicted octanol–water partition coefficient (Wildman–Crippen LogP) is 1.30. The summed E-state index contributed by atoms with van der Waals surface area (Å²) < 4.78 is 0.485. The molecule has 1 aromatic carbocycles. The van der Waals surface area contributed by atoms with E-state index in [9.17, 15) is 14.9 Å². The molecule has 0 saturated heterocycles. The number of hydrogen-bond acceptors (Lipinski definition) is 3. The lowest BCUT2D eigenvalue weighted by Gasteiger charge is -1.99. The molecular formula is C7H5IN2O3. The van der Waals surface area contributed by atoms with Crippen molar-refractivity contribution in [3.05, 3.63) is 37.4 Å². The fraction of sp³-hybridized carbons (Fsp3) is 0. The highest BCUT2D eigenvalue weighted by atomic mass is 127. The van der Waals surface area contributed by atoms with Crippen molar-refractivity contribution in [1.82, 2.24) is 0 Å². The van der Waals surface area contributed by atoms with E-state index in [0.29, 0.717) is 3.57 Å². The number of nitrogens with zero attached hydrogens (tertiary/aromatic N) is 1. The smallest absolute Gasteiger partial charge is 0.283 e. The quantitative estimate of drug-likeness (QED) is 0.506. The van der Waals surface area contributed by atoms with Crippen LogP contribution in [0.25, 0.3) is 0 Å². The molecule has 0 aliphatic heterocycles. The minimum atomic E-state index is -0.781. The Morgan fingerprint density at radius 2 is 2.15 bits per heavy atom. The fourth-order valence-electron chi connectivity index (χ4n) is 0.909. The number of hydrogen-bond donors (Lipinski definition) is 1. The normalized spacial score (nSPS) is 9.62. The zero-order chi connectivity index (χ0) is 10.0. The lowest BCUT2D eigenvalue weighted by molar-refractivity contribution is -0.385. The van der Waals surface area contributed by atoms with Crippen LogP contribution in [0.15, 0.2) is 18.2 Å². The van der Waals surface area contributed by atoms with Gasteiger partial charge in [-0.2, -0.15) is 0 Å². The van der Waals surface area contributed by atoms with Crippen molar-refractivity contribution in [2.75, 3.05) is 0 Å². The Kier molecular flexibility index (Phi) is 2.81. The number of nitrogens with two attached hydrogens (primary N) is 1. The molecule has 0 aliphatic rings. The van der Waals surface area contributed by atoms with Gasteiger partial charge >= 0.3 is 0 Å². The van der Waals surface area contributed by atoms with Crippen LogP contribution in [0.3, 0.4) is 0 Å². The molecule has 5 nitrogen and oxygen atoms in total. The van der Waals surface area contributed by atoms with E-state index in [0.717, 1.165) is 0 Å². The number of rotatable bonds is 2. The third kappa shape index (κ3) is 1.94. The molecule has 0 aliphatic carbocycles. The summed E-state index contributed by atoms with van der Waals surface area (Å²) in [7, 11) is 0. The van der Waals surface area contributed by atoms with Crippen molar-refractivity contribution in [2.45, 2.75) is 0 Å². The second kappa shape index (κ2) is 3.69. The number of primary amides is 1. The van der Waals surface area contributed by atoms with E-state index >= 15 is 0 Å². The van der Waals surface area contributed by atoms with E-state index in [4.69, 9.17) is 5.73 Å². The van der Waals surface area contributed by atoms with Crippen molar-refractivity contribution in [2.24, 2.45) is 5.73 Å². The molecule has 0 heterocycles. The number of benzene rings is 1. The number of amides is 1. The second-order valence-corrected chi connectivity index (χ2v) is 3.42. The third-order valence-electron chi connectivity index (χ3n) is 1.43. The topological polar surface area (TPSA) is 86.2 Å². The van der Waals surface area contributed by atoms with Crippen LogP contribution in [0.5, 0.6) is 0 Å². The molecule has 1 rings (SSSR count). The van der Waals surface area contributed by atoms with Crippen molar-refractivity contribution in [1.29, 1.82) is 0 Å². The van der Waals surface area contributed by atoms with Gasteiger partial charge in [0.1, 0.15) is 5.56 Å². The van der Waals surface area contributed by atoms with Gasteiger partial charge in [-0.15, -0.1) is 0 Å². The predicted molar refractivity (Wildman–Crippen MR) is 54.3 cm³/mol. The van der Waals surface area contributed by atoms with Gasteiger partial charge in [0.2, 0.25) is 0 Å². The minimum Gasteiger partial charge on any atom is -0.365 e. The molecular weight excluding hydrogens is 287 g/mol. The summed E-state index contributed by atoms with van der Waals surface area (Å²) in [6, 6.07) is 4.35. The number of halogens is 1. The van der Waals surface area contributed by atoms with Crippen LogP contribution in [-0.2, 0) is 0 Å². The van der Waals surface area contributed by atoms with E-state index < -0.39 is 10.8 Å². The van der Waals surface area contributed by atoms with Gasteiger partial charge < -0.3 is 5.73 Å². The maximum atomic E-state index is 10.9. The molecule has 6 heteroatoms. The van der Waals surface area contributed by atoms with Gasteiger partial charge in [0.15, 0.2) is 0 Å². The first-order chi connectivity index (χ1) is 6.04. The van der Waals surface area contributed by atoms with E-state index in [1.165, 1.54) is 12.1 Å². The van der Waals surface area contributed by atoms with Crippen molar-refractivity contribution < 1.29 is 9.72 Å². The molecule has 0 bridgehead atoms. The first-order valence-corrected chi connectivity index (χ1v) is 4.34. The highest BCUT2D eigenvalue weighted by Crippen LogP contribution is 2.22. The molecule has 1 amide bonds. The van der Waals surface area contributed by atoms with Crippen LogP contribution in [0.1, 0.15) is 10.4 Å². The van der Waals surface area contributed by atoms with Gasteiger partial charge in [0.25, 0.3) is 11.6 Å². The first-order valence-electron chi connectivity index (χ1n) is 3.26. The first kappa shape index (κ1) is 9.90. The van der Waals surface area contributed by atoms with Gasteiger partial charge in [-0.05, 0) is 28.7 Å². The van der Waals surface area contributed by atoms with Crippen molar-refractivity contribution >= 4 is 34.2 Å². The van der Waals surface area contributed by atoms with Crippen LogP contribution >= 0.6 is 22.6 Å². The molecule has 0 spiro atoms. The molecule has 0 aromatic heterocycles. The van der Waals surface area contributed by atoms with Crippen LogP contribution in [-0.4, -0.2) is 10.8 Å². The second-order valence-electron chi connectivity index (χ2n) is 2.26. The van der Waals surface area contributed by atoms with Gasteiger partial charge in [-0.1, -0.05) is 6.07 Å². The summed E-state index contributed by atoms with van der Waals surface area (Å²) in [5, 5.41) is 10.5. The zero-order valence-corrected chi connectivity index (χ0v) is 8.52. The van der Waals surface area contributed by atoms with Crippen LogP contribution in [0, 0.1) is 13.7 Å². The van der Waals surface area contributed by atoms with Gasteiger partial charge in [0, 0.05) is 9.64 Å². The average molecular weight is 292 g/mol. The largest absolute Gasteiger partial charge is 0.365 e. The van der Waals surface area contributed by atoms with Crippen molar-refractivity contribution in [3.63, 3.8) is 0 Å². The zero-order valence-electron chi connectivity index (χ0n) is 6.36. The molecule has 0 fully saturated rings. The lowest BCUT2D eigenvalue weighted by Crippen LogP contribution is -2.15. The lowest BCUT2D eigenvalue weighted by atomic mass is 10.2. The maximum Gasteiger partial charge on any atom is 0.283 e. The third-order valence-corrected chi connectivity index (χ3v) is 2.33. The van der Waals surface area contributed by atoms with E-state index in [2.05, 4.69) is 0 Å². The number of nitro groups is 1. The molecule has 0 unspecified atom stereocenters. The number of carbonyl (C=O) groups is 1. The molecule has 2 N–H and O–H groups in total. The minimum absolute atomic E-state index is 0.0342. The van der Waals surface area contributed by atoms with E-state index in [-0.39, 0.29) is 11.3 Å². The van der Waals surface area contributed by atoms with Gasteiger partial charge in [-0.3, -0.25) is 14.9 Å². The molecule has 0 atom stereocenters. The van der Waals surface area contributed by atoms with Gasteiger partial charge in [-0.25, -0.2) is 0 Å². The summed E-state index contributed by atoms with van der Waals surface area (Å²) in [5.74, 6) is -0.781. The van der Waals surface area contributed by atoms with Crippen LogP contribution in [0.4, 0.5) is 5.69 Å². The molecule has 1 aromatic rings. The van der Waals surface area contributed by atoms with Crippen LogP contribution in [0.2, 0.25) is 0 Å². The monoisotopic (exact) mass is 292 g/mol. The Balaban J connectivity index is 3.43. The Hall–Kier alpha value is -1.18. The Morgan fingerprint density at radius 1 is 1.54 bits per heavy atom. The highest BCUT2D eigenvalue weighted by Gasteiger charge is 2.20. The molecule has 68 valence electrons. The fourth-order valence-corrected chi connectivity index (χ4v) is 1.66. The summed E-state index contributed by atoms with van der Waals surface area (Å²) in [5.41, 5.74) is 4.72. The molecule has 0 radical (unpaired) electrons. The van der Waals surface area contributed by atoms with E-state index in [1.807, 2.05) is 22.6 Å². The number of carbonyl (C=O) groups excluding carboxylic acids is 1. The Labute approximate surface area is 87.2 Å². The summed E-state index contributed by atoms with van der Waals surface area (Å²) in [6.45, 7) is 0. The van der Waals surface area contributed by atoms with Gasteiger partial charge in [0.05, 0.1) is 4.92 Å². The SMILES string of the molecule is NC(=O)c1c(I)cccc1[N+](=O)[O-]. The standard InChI is InChI=1S/C7H5IN2O3/c8-4-2-1-3-5(10(12)13)6(4)7(9)11/h1-3H,(H2,9,11). The highest BCUT2D eigenvalue weighted by molar-refractivity contribution is 14.1. The Morgan fingerprint density at radius 3 is 2.54 bits per heavy atom.